The zero-order valence-electron chi connectivity index (χ0n) is 26.3. The van der Waals surface area contributed by atoms with Gasteiger partial charge in [-0.15, -0.1) is 0 Å². The molecule has 0 aromatic heterocycles. The van der Waals surface area contributed by atoms with Crippen molar-refractivity contribution in [3.05, 3.63) is 99.6 Å². The molecule has 3 aromatic rings. The molecule has 0 spiro atoms. The zero-order chi connectivity index (χ0) is 33.2. The molecule has 0 bridgehead atoms. The molecule has 2 aliphatic heterocycles. The molecule has 3 aromatic carbocycles. The zero-order valence-corrected chi connectivity index (χ0v) is 26.3. The third kappa shape index (κ3) is 9.82. The highest BCUT2D eigenvalue weighted by Crippen LogP contribution is 2.38. The van der Waals surface area contributed by atoms with Crippen molar-refractivity contribution in [2.24, 2.45) is 0 Å². The Kier molecular flexibility index (Phi) is 11.9. The van der Waals surface area contributed by atoms with Gasteiger partial charge in [-0.1, -0.05) is 42.8 Å². The Morgan fingerprint density at radius 2 is 1.51 bits per heavy atom. The molecule has 47 heavy (non-hydrogen) atoms. The summed E-state index contributed by atoms with van der Waals surface area (Å²) in [6.07, 6.45) is 2.06. The van der Waals surface area contributed by atoms with E-state index in [9.17, 15) is 24.8 Å². The summed E-state index contributed by atoms with van der Waals surface area (Å²) in [6, 6.07) is 21.9. The van der Waals surface area contributed by atoms with Gasteiger partial charge in [-0.3, -0.25) is 24.6 Å². The van der Waals surface area contributed by atoms with E-state index in [0.717, 1.165) is 55.1 Å². The summed E-state index contributed by atoms with van der Waals surface area (Å²) < 4.78 is 13.0. The molecule has 2 aliphatic rings. The van der Waals surface area contributed by atoms with Gasteiger partial charge in [0.2, 0.25) is 5.91 Å². The maximum absolute atomic E-state index is 12.4. The van der Waals surface area contributed by atoms with Crippen molar-refractivity contribution in [3.8, 4) is 0 Å². The van der Waals surface area contributed by atoms with Crippen molar-refractivity contribution in [2.75, 3.05) is 42.9 Å². The van der Waals surface area contributed by atoms with Gasteiger partial charge in [-0.05, 0) is 48.2 Å². The molecule has 12 heteroatoms. The predicted octanol–water partition coefficient (Wildman–Crippen LogP) is 5.43. The number of piperazine rings is 1. The van der Waals surface area contributed by atoms with Gasteiger partial charge in [0.15, 0.2) is 6.29 Å². The van der Waals surface area contributed by atoms with Crippen molar-refractivity contribution in [3.63, 3.8) is 0 Å². The van der Waals surface area contributed by atoms with Crippen LogP contribution in [0, 0.1) is 10.1 Å². The van der Waals surface area contributed by atoms with Crippen molar-refractivity contribution < 1.29 is 34.2 Å². The predicted molar refractivity (Wildman–Crippen MR) is 176 cm³/mol. The average molecular weight is 647 g/mol. The molecule has 1 amide bonds. The Morgan fingerprint density at radius 1 is 0.851 bits per heavy atom. The molecule has 0 unspecified atom stereocenters. The van der Waals surface area contributed by atoms with E-state index in [4.69, 9.17) is 14.6 Å². The van der Waals surface area contributed by atoms with E-state index in [1.807, 2.05) is 48.5 Å². The largest absolute Gasteiger partial charge is 0.481 e. The number of non-ortho nitro benzene ring substituents is 1. The topological polar surface area (TPSA) is 155 Å². The third-order valence-corrected chi connectivity index (χ3v) is 8.64. The van der Waals surface area contributed by atoms with E-state index in [-0.39, 0.29) is 41.8 Å². The Morgan fingerprint density at radius 3 is 2.15 bits per heavy atom. The average Bonchev–Trinajstić information content (AvgIpc) is 3.08. The summed E-state index contributed by atoms with van der Waals surface area (Å²) in [4.78, 5) is 38.3. The summed E-state index contributed by atoms with van der Waals surface area (Å²) in [6.45, 7) is 3.94. The molecule has 12 nitrogen and oxygen atoms in total. The number of rotatable bonds is 14. The molecular formula is C35H42N4O8. The summed E-state index contributed by atoms with van der Waals surface area (Å²) in [7, 11) is 0. The number of aliphatic hydroxyl groups is 1. The second-order valence-corrected chi connectivity index (χ2v) is 12.0. The van der Waals surface area contributed by atoms with Gasteiger partial charge in [0.05, 0.1) is 23.7 Å². The van der Waals surface area contributed by atoms with Crippen LogP contribution in [-0.4, -0.2) is 70.7 Å². The molecule has 0 radical (unpaired) electrons. The van der Waals surface area contributed by atoms with Crippen LogP contribution in [0.1, 0.15) is 67.6 Å². The number of amides is 1. The first kappa shape index (κ1) is 34.0. The van der Waals surface area contributed by atoms with Crippen LogP contribution in [0.15, 0.2) is 72.8 Å². The third-order valence-electron chi connectivity index (χ3n) is 8.64. The highest BCUT2D eigenvalue weighted by atomic mass is 16.7. The maximum atomic E-state index is 12.4. The number of unbranched alkanes of at least 4 members (excludes halogenated alkanes) is 2. The molecule has 2 fully saturated rings. The van der Waals surface area contributed by atoms with Crippen LogP contribution in [0.2, 0.25) is 0 Å². The number of nitro benzene ring substituents is 1. The van der Waals surface area contributed by atoms with Crippen LogP contribution in [0.4, 0.5) is 17.1 Å². The van der Waals surface area contributed by atoms with Gasteiger partial charge in [-0.2, -0.15) is 0 Å². The number of benzene rings is 3. The Labute approximate surface area is 274 Å². The highest BCUT2D eigenvalue weighted by Gasteiger charge is 2.34. The number of anilines is 2. The number of aliphatic hydroxyl groups excluding tert-OH is 1. The normalized spacial score (nSPS) is 20.1. The van der Waals surface area contributed by atoms with Gasteiger partial charge in [0.1, 0.15) is 0 Å². The molecule has 0 aliphatic carbocycles. The quantitative estimate of drug-likeness (QED) is 0.117. The SMILES string of the molecule is O=C(O)CCCCCC(=O)Nc1ccc([C@@H]2O[C@H](CN3CCN(c4ccc([N+](=O)[O-])cc4)CC3)C[C@H](c3ccc(CO)cc3)O2)cc1. The van der Waals surface area contributed by atoms with E-state index in [1.54, 1.807) is 24.3 Å². The lowest BCUT2D eigenvalue weighted by atomic mass is 9.99. The van der Waals surface area contributed by atoms with Crippen molar-refractivity contribution in [1.29, 1.82) is 0 Å². The monoisotopic (exact) mass is 646 g/mol. The number of hydrogen-bond donors (Lipinski definition) is 3. The Balaban J connectivity index is 1.19. The molecule has 0 saturated carbocycles. The molecule has 250 valence electrons. The van der Waals surface area contributed by atoms with Crippen LogP contribution in [-0.2, 0) is 25.7 Å². The highest BCUT2D eigenvalue weighted by molar-refractivity contribution is 5.90. The van der Waals surface area contributed by atoms with E-state index in [0.29, 0.717) is 37.8 Å². The Bertz CT molecular complexity index is 1470. The minimum Gasteiger partial charge on any atom is -0.481 e. The molecule has 5 rings (SSSR count). The van der Waals surface area contributed by atoms with E-state index in [2.05, 4.69) is 15.1 Å². The fourth-order valence-corrected chi connectivity index (χ4v) is 5.98. The summed E-state index contributed by atoms with van der Waals surface area (Å²) in [5.41, 5.74) is 4.40. The number of aliphatic carboxylic acids is 1. The van der Waals surface area contributed by atoms with Crippen LogP contribution in [0.3, 0.4) is 0 Å². The fraction of sp³-hybridized carbons (Fsp3) is 0.429. The van der Waals surface area contributed by atoms with E-state index < -0.39 is 12.3 Å². The molecule has 3 N–H and O–H groups in total. The second-order valence-electron chi connectivity index (χ2n) is 12.0. The second kappa shape index (κ2) is 16.5. The van der Waals surface area contributed by atoms with Crippen molar-refractivity contribution in [1.82, 2.24) is 4.90 Å². The number of nitrogens with one attached hydrogen (secondary N) is 1. The number of nitrogens with zero attached hydrogens (tertiary/aromatic N) is 3. The van der Waals surface area contributed by atoms with Gasteiger partial charge in [0, 0.05) is 81.1 Å². The van der Waals surface area contributed by atoms with Gasteiger partial charge < -0.3 is 29.9 Å². The van der Waals surface area contributed by atoms with Crippen molar-refractivity contribution >= 4 is 28.9 Å². The smallest absolute Gasteiger partial charge is 0.303 e. The van der Waals surface area contributed by atoms with Crippen LogP contribution >= 0.6 is 0 Å². The molecular weight excluding hydrogens is 604 g/mol. The molecule has 3 atom stereocenters. The summed E-state index contributed by atoms with van der Waals surface area (Å²) in [5.74, 6) is -0.934. The number of carbonyl (C=O) groups is 2. The van der Waals surface area contributed by atoms with E-state index >= 15 is 0 Å². The minimum atomic E-state index is -0.822. The fourth-order valence-electron chi connectivity index (χ4n) is 5.98. The molecule has 2 saturated heterocycles. The van der Waals surface area contributed by atoms with Gasteiger partial charge in [0.25, 0.3) is 5.69 Å². The number of carboxylic acids is 1. The first-order chi connectivity index (χ1) is 22.8. The number of carboxylic acid groups (broad SMARTS) is 1. The number of hydrogen-bond acceptors (Lipinski definition) is 9. The van der Waals surface area contributed by atoms with Gasteiger partial charge in [-0.25, -0.2) is 0 Å². The molecule has 2 heterocycles. The Hall–Kier alpha value is -4.36. The van der Waals surface area contributed by atoms with Crippen LogP contribution in [0.5, 0.6) is 0 Å². The maximum Gasteiger partial charge on any atom is 0.303 e. The van der Waals surface area contributed by atoms with Crippen LogP contribution in [0.25, 0.3) is 0 Å². The number of ether oxygens (including phenoxy) is 2. The summed E-state index contributed by atoms with van der Waals surface area (Å²) in [5, 5.41) is 32.2. The number of carbonyl (C=O) groups excluding carboxylic acids is 1. The standard InChI is InChI=1S/C35H42N4O8/c40-24-25-6-8-26(9-7-25)32-22-31(23-37-18-20-38(21-19-37)29-14-16-30(17-15-29)39(44)45)46-35(47-32)27-10-12-28(13-11-27)36-33(41)4-2-1-3-5-34(42)43/h6-17,31-32,35,40H,1-5,18-24H2,(H,36,41)(H,42,43)/t31-,32+,35+/m0/s1. The van der Waals surface area contributed by atoms with Crippen molar-refractivity contribution in [2.45, 2.75) is 63.6 Å². The lowest BCUT2D eigenvalue weighted by Gasteiger charge is -2.41. The van der Waals surface area contributed by atoms with Crippen LogP contribution < -0.4 is 10.2 Å². The lowest BCUT2D eigenvalue weighted by Crippen LogP contribution is -2.49. The first-order valence-corrected chi connectivity index (χ1v) is 16.1. The lowest BCUT2D eigenvalue weighted by molar-refractivity contribution is -0.384. The summed E-state index contributed by atoms with van der Waals surface area (Å²) >= 11 is 0. The van der Waals surface area contributed by atoms with E-state index in [1.165, 1.54) is 0 Å². The number of nitro groups is 1. The minimum absolute atomic E-state index is 0.0281. The van der Waals surface area contributed by atoms with Gasteiger partial charge >= 0.3 is 5.97 Å². The first-order valence-electron chi connectivity index (χ1n) is 16.1.